The fraction of sp³-hybridized carbons (Fsp3) is 0.778. The summed E-state index contributed by atoms with van der Waals surface area (Å²) in [7, 11) is 0. The van der Waals surface area contributed by atoms with Crippen LogP contribution in [0.3, 0.4) is 0 Å². The van der Waals surface area contributed by atoms with Crippen LogP contribution in [0.5, 0.6) is 0 Å². The average Bonchev–Trinajstić information content (AvgIpc) is 2.52. The first-order valence-electron chi connectivity index (χ1n) is 4.82. The van der Waals surface area contributed by atoms with Crippen molar-refractivity contribution in [3.05, 3.63) is 11.7 Å². The number of aliphatic hydroxyl groups excluding tert-OH is 1. The van der Waals surface area contributed by atoms with Crippen molar-refractivity contribution in [3.63, 3.8) is 0 Å². The maximum atomic E-state index is 8.66. The predicted octanol–water partition coefficient (Wildman–Crippen LogP) is 0.650. The van der Waals surface area contributed by atoms with Gasteiger partial charge in [0.15, 0.2) is 5.82 Å². The van der Waals surface area contributed by atoms with Crippen LogP contribution < -0.4 is 5.73 Å². The lowest BCUT2D eigenvalue weighted by Crippen LogP contribution is -2.13. The molecule has 0 saturated heterocycles. The third kappa shape index (κ3) is 3.08. The fourth-order valence-corrected chi connectivity index (χ4v) is 1.23. The number of nitrogens with two attached hydrogens (primary N) is 1. The van der Waals surface area contributed by atoms with E-state index < -0.39 is 0 Å². The van der Waals surface area contributed by atoms with Crippen LogP contribution in [0.15, 0.2) is 4.52 Å². The van der Waals surface area contributed by atoms with E-state index in [2.05, 4.69) is 24.0 Å². The van der Waals surface area contributed by atoms with Gasteiger partial charge in [0.25, 0.3) is 0 Å². The summed E-state index contributed by atoms with van der Waals surface area (Å²) in [5.41, 5.74) is 5.85. The van der Waals surface area contributed by atoms with Gasteiger partial charge in [0.2, 0.25) is 5.89 Å². The summed E-state index contributed by atoms with van der Waals surface area (Å²) in [6.07, 6.45) is 1.23. The molecule has 0 aliphatic rings. The van der Waals surface area contributed by atoms with Crippen LogP contribution in [-0.2, 0) is 6.42 Å². The second kappa shape index (κ2) is 5.07. The Hall–Kier alpha value is -0.940. The molecule has 1 heterocycles. The van der Waals surface area contributed by atoms with Crippen LogP contribution in [0.4, 0.5) is 0 Å². The molecule has 0 bridgehead atoms. The zero-order valence-electron chi connectivity index (χ0n) is 8.60. The van der Waals surface area contributed by atoms with Gasteiger partial charge >= 0.3 is 0 Å². The second-order valence-corrected chi connectivity index (χ2v) is 3.76. The predicted molar refractivity (Wildman–Crippen MR) is 51.5 cm³/mol. The Balaban J connectivity index is 2.57. The van der Waals surface area contributed by atoms with Gasteiger partial charge < -0.3 is 15.4 Å². The van der Waals surface area contributed by atoms with E-state index in [1.165, 1.54) is 0 Å². The molecule has 0 amide bonds. The summed E-state index contributed by atoms with van der Waals surface area (Å²) >= 11 is 0. The van der Waals surface area contributed by atoms with Gasteiger partial charge in [-0.2, -0.15) is 4.98 Å². The molecule has 5 nitrogen and oxygen atoms in total. The first kappa shape index (κ1) is 11.1. The first-order chi connectivity index (χ1) is 6.63. The fourth-order valence-electron chi connectivity index (χ4n) is 1.23. The van der Waals surface area contributed by atoms with Crippen LogP contribution >= 0.6 is 0 Å². The lowest BCUT2D eigenvalue weighted by molar-refractivity contribution is 0.291. The van der Waals surface area contributed by atoms with Crippen LogP contribution in [0.1, 0.15) is 38.0 Å². The van der Waals surface area contributed by atoms with Gasteiger partial charge in [-0.25, -0.2) is 0 Å². The number of hydrogen-bond donors (Lipinski definition) is 2. The molecule has 0 aliphatic carbocycles. The van der Waals surface area contributed by atoms with E-state index in [4.69, 9.17) is 15.4 Å². The minimum absolute atomic E-state index is 0.0262. The smallest absolute Gasteiger partial charge is 0.243 e. The van der Waals surface area contributed by atoms with E-state index in [-0.39, 0.29) is 12.6 Å². The topological polar surface area (TPSA) is 85.2 Å². The number of rotatable bonds is 5. The van der Waals surface area contributed by atoms with Gasteiger partial charge in [-0.1, -0.05) is 19.0 Å². The molecule has 0 aliphatic heterocycles. The minimum Gasteiger partial charge on any atom is -0.396 e. The van der Waals surface area contributed by atoms with Gasteiger partial charge in [0.1, 0.15) is 0 Å². The normalized spacial score (nSPS) is 13.5. The van der Waals surface area contributed by atoms with E-state index in [9.17, 15) is 0 Å². The summed E-state index contributed by atoms with van der Waals surface area (Å²) in [5, 5.41) is 12.4. The minimum atomic E-state index is -0.199. The molecule has 14 heavy (non-hydrogen) atoms. The standard InChI is InChI=1S/C9H17N3O2/c1-6(2)5-7(10)9-11-8(3-4-13)12-14-9/h6-7,13H,3-5,10H2,1-2H3/t7-/m1/s1. The summed E-state index contributed by atoms with van der Waals surface area (Å²) < 4.78 is 4.98. The van der Waals surface area contributed by atoms with Crippen molar-refractivity contribution in [1.82, 2.24) is 10.1 Å². The molecule has 80 valence electrons. The quantitative estimate of drug-likeness (QED) is 0.727. The van der Waals surface area contributed by atoms with Gasteiger partial charge in [0, 0.05) is 6.42 Å². The molecule has 1 aromatic heterocycles. The zero-order valence-corrected chi connectivity index (χ0v) is 8.60. The van der Waals surface area contributed by atoms with Gasteiger partial charge in [-0.15, -0.1) is 0 Å². The lowest BCUT2D eigenvalue weighted by Gasteiger charge is -2.08. The van der Waals surface area contributed by atoms with Gasteiger partial charge in [-0.05, 0) is 12.3 Å². The van der Waals surface area contributed by atoms with Crippen LogP contribution in [-0.4, -0.2) is 21.9 Å². The number of aliphatic hydroxyl groups is 1. The molecule has 1 aromatic rings. The van der Waals surface area contributed by atoms with E-state index in [0.717, 1.165) is 6.42 Å². The van der Waals surface area contributed by atoms with Gasteiger partial charge in [0.05, 0.1) is 12.6 Å². The molecule has 0 spiro atoms. The molecule has 0 unspecified atom stereocenters. The second-order valence-electron chi connectivity index (χ2n) is 3.76. The Morgan fingerprint density at radius 2 is 2.21 bits per heavy atom. The highest BCUT2D eigenvalue weighted by atomic mass is 16.5. The highest BCUT2D eigenvalue weighted by Crippen LogP contribution is 2.16. The maximum Gasteiger partial charge on any atom is 0.243 e. The molecule has 0 saturated carbocycles. The summed E-state index contributed by atoms with van der Waals surface area (Å²) in [6, 6.07) is -0.199. The van der Waals surface area contributed by atoms with E-state index in [1.807, 2.05) is 0 Å². The van der Waals surface area contributed by atoms with E-state index in [0.29, 0.717) is 24.1 Å². The zero-order chi connectivity index (χ0) is 10.6. The number of hydrogen-bond acceptors (Lipinski definition) is 5. The van der Waals surface area contributed by atoms with Crippen molar-refractivity contribution in [1.29, 1.82) is 0 Å². The Morgan fingerprint density at radius 3 is 2.79 bits per heavy atom. The molecule has 0 fully saturated rings. The average molecular weight is 199 g/mol. The monoisotopic (exact) mass is 199 g/mol. The number of nitrogens with zero attached hydrogens (tertiary/aromatic N) is 2. The molecule has 1 rings (SSSR count). The van der Waals surface area contributed by atoms with E-state index in [1.54, 1.807) is 0 Å². The van der Waals surface area contributed by atoms with Crippen molar-refractivity contribution in [3.8, 4) is 0 Å². The molecule has 0 radical (unpaired) electrons. The maximum absolute atomic E-state index is 8.66. The first-order valence-corrected chi connectivity index (χ1v) is 4.82. The Morgan fingerprint density at radius 1 is 1.50 bits per heavy atom. The summed E-state index contributed by atoms with van der Waals surface area (Å²) in [6.45, 7) is 4.20. The van der Waals surface area contributed by atoms with Crippen molar-refractivity contribution in [2.45, 2.75) is 32.7 Å². The molecule has 0 aromatic carbocycles. The van der Waals surface area contributed by atoms with E-state index >= 15 is 0 Å². The highest BCUT2D eigenvalue weighted by Gasteiger charge is 2.15. The molecular weight excluding hydrogens is 182 g/mol. The van der Waals surface area contributed by atoms with Crippen LogP contribution in [0.25, 0.3) is 0 Å². The largest absolute Gasteiger partial charge is 0.396 e. The third-order valence-corrected chi connectivity index (χ3v) is 1.86. The van der Waals surface area contributed by atoms with Crippen molar-refractivity contribution < 1.29 is 9.63 Å². The van der Waals surface area contributed by atoms with Crippen LogP contribution in [0, 0.1) is 5.92 Å². The van der Waals surface area contributed by atoms with Crippen LogP contribution in [0.2, 0.25) is 0 Å². The van der Waals surface area contributed by atoms with Crippen molar-refractivity contribution >= 4 is 0 Å². The number of aromatic nitrogens is 2. The van der Waals surface area contributed by atoms with Crippen molar-refractivity contribution in [2.75, 3.05) is 6.61 Å². The summed E-state index contributed by atoms with van der Waals surface area (Å²) in [5.74, 6) is 1.47. The summed E-state index contributed by atoms with van der Waals surface area (Å²) in [4.78, 5) is 4.09. The molecule has 1 atom stereocenters. The Kier molecular flexibility index (Phi) is 4.03. The third-order valence-electron chi connectivity index (χ3n) is 1.86. The SMILES string of the molecule is CC(C)C[C@@H](N)c1nc(CCO)no1. The Bertz CT molecular complexity index is 273. The molecular formula is C9H17N3O2. The molecule has 5 heteroatoms. The van der Waals surface area contributed by atoms with Crippen molar-refractivity contribution in [2.24, 2.45) is 11.7 Å². The molecule has 3 N–H and O–H groups in total. The lowest BCUT2D eigenvalue weighted by atomic mass is 10.0. The highest BCUT2D eigenvalue weighted by molar-refractivity contribution is 4.92. The Labute approximate surface area is 83.3 Å². The van der Waals surface area contributed by atoms with Gasteiger partial charge in [-0.3, -0.25) is 0 Å².